The average molecular weight is 417 g/mol. The average Bonchev–Trinajstić information content (AvgIpc) is 3.14. The quantitative estimate of drug-likeness (QED) is 0.326. The number of hydrogen-bond donors (Lipinski definition) is 3. The minimum absolute atomic E-state index is 0.0738. The maximum absolute atomic E-state index is 12.3. The summed E-state index contributed by atoms with van der Waals surface area (Å²) >= 11 is 1.40. The first-order valence-corrected chi connectivity index (χ1v) is 10.1. The standard InChI is InChI=1S/C13H17N3O3S.C7H7NO/c1-14-8-19-3-2-4-20-12-6-9(17)5-11-10(13(12)18)7-15-16-11;9-6-8-7-4-2-1-3-5-7/h6-7,14H,2-5,8H2,1H3,(H,15,16);1-6H,(H,8,9). The Kier molecular flexibility index (Phi) is 9.84. The van der Waals surface area contributed by atoms with Gasteiger partial charge in [0.2, 0.25) is 12.2 Å². The lowest BCUT2D eigenvalue weighted by atomic mass is 10.1. The molecule has 0 saturated carbocycles. The van der Waals surface area contributed by atoms with E-state index in [-0.39, 0.29) is 18.0 Å². The van der Waals surface area contributed by atoms with Gasteiger partial charge in [-0.15, -0.1) is 11.8 Å². The van der Waals surface area contributed by atoms with Crippen LogP contribution in [0.15, 0.2) is 47.5 Å². The van der Waals surface area contributed by atoms with Crippen molar-refractivity contribution in [2.75, 3.05) is 31.5 Å². The molecule has 3 rings (SSSR count). The number of amides is 1. The van der Waals surface area contributed by atoms with Crippen LogP contribution in [-0.4, -0.2) is 54.3 Å². The summed E-state index contributed by atoms with van der Waals surface area (Å²) in [4.78, 5) is 34.4. The highest BCUT2D eigenvalue weighted by Gasteiger charge is 2.24. The third kappa shape index (κ3) is 7.65. The maximum Gasteiger partial charge on any atom is 0.211 e. The molecule has 29 heavy (non-hydrogen) atoms. The molecule has 0 saturated heterocycles. The highest BCUT2D eigenvalue weighted by atomic mass is 32.2. The van der Waals surface area contributed by atoms with Gasteiger partial charge in [0, 0.05) is 18.0 Å². The minimum Gasteiger partial charge on any atom is -0.366 e. The molecule has 0 bridgehead atoms. The van der Waals surface area contributed by atoms with Crippen LogP contribution in [0.5, 0.6) is 0 Å². The SMILES string of the molecule is CNCOCCCSC1=CC(=O)Cc2[nH]ncc2C1=O.O=CNc1ccccc1. The van der Waals surface area contributed by atoms with Crippen LogP contribution in [0.2, 0.25) is 0 Å². The van der Waals surface area contributed by atoms with E-state index < -0.39 is 0 Å². The third-order valence-electron chi connectivity index (χ3n) is 3.77. The van der Waals surface area contributed by atoms with E-state index in [9.17, 15) is 14.4 Å². The zero-order valence-corrected chi connectivity index (χ0v) is 17.0. The van der Waals surface area contributed by atoms with Crippen LogP contribution >= 0.6 is 11.8 Å². The van der Waals surface area contributed by atoms with Crippen LogP contribution in [0.1, 0.15) is 22.5 Å². The number of Topliss-reactive ketones (excluding diaryl/α,β-unsaturated/α-hetero) is 1. The molecule has 0 spiro atoms. The van der Waals surface area contributed by atoms with Crippen LogP contribution in [0.25, 0.3) is 0 Å². The van der Waals surface area contributed by atoms with Crippen LogP contribution < -0.4 is 10.6 Å². The fourth-order valence-corrected chi connectivity index (χ4v) is 3.38. The topological polar surface area (TPSA) is 113 Å². The Balaban J connectivity index is 0.000000278. The van der Waals surface area contributed by atoms with E-state index in [0.29, 0.717) is 35.9 Å². The number of hydrogen-bond acceptors (Lipinski definition) is 7. The van der Waals surface area contributed by atoms with Gasteiger partial charge in [-0.25, -0.2) is 0 Å². The van der Waals surface area contributed by atoms with E-state index in [1.165, 1.54) is 24.0 Å². The molecule has 154 valence electrons. The van der Waals surface area contributed by atoms with Gasteiger partial charge in [-0.1, -0.05) is 18.2 Å². The first kappa shape index (κ1) is 22.5. The van der Waals surface area contributed by atoms with Gasteiger partial charge in [-0.3, -0.25) is 24.8 Å². The molecule has 1 aliphatic carbocycles. The number of anilines is 1. The third-order valence-corrected chi connectivity index (χ3v) is 4.87. The number of ketones is 2. The molecule has 0 aliphatic heterocycles. The van der Waals surface area contributed by atoms with Crippen molar-refractivity contribution in [1.29, 1.82) is 0 Å². The molecule has 8 nitrogen and oxygen atoms in total. The lowest BCUT2D eigenvalue weighted by molar-refractivity contribution is -0.114. The number of carbonyl (C=O) groups excluding carboxylic acids is 3. The number of nitrogens with zero attached hydrogens (tertiary/aromatic N) is 1. The number of aromatic amines is 1. The van der Waals surface area contributed by atoms with Crippen LogP contribution in [0.4, 0.5) is 5.69 Å². The number of para-hydroxylation sites is 1. The number of fused-ring (bicyclic) bond motifs is 1. The van der Waals surface area contributed by atoms with E-state index in [1.54, 1.807) is 0 Å². The smallest absolute Gasteiger partial charge is 0.211 e. The van der Waals surface area contributed by atoms with Crippen molar-refractivity contribution < 1.29 is 19.1 Å². The van der Waals surface area contributed by atoms with E-state index in [4.69, 9.17) is 4.74 Å². The van der Waals surface area contributed by atoms with Gasteiger partial charge < -0.3 is 10.1 Å². The lowest BCUT2D eigenvalue weighted by Crippen LogP contribution is -2.12. The second kappa shape index (κ2) is 12.7. The normalized spacial score (nSPS) is 12.9. The predicted octanol–water partition coefficient (Wildman–Crippen LogP) is 2.17. The first-order chi connectivity index (χ1) is 14.2. The van der Waals surface area contributed by atoms with E-state index >= 15 is 0 Å². The number of H-pyrrole nitrogens is 1. The summed E-state index contributed by atoms with van der Waals surface area (Å²) < 4.78 is 5.28. The summed E-state index contributed by atoms with van der Waals surface area (Å²) in [5, 5.41) is 12.0. The number of benzene rings is 1. The Hall–Kier alpha value is -2.75. The Labute approximate surface area is 173 Å². The summed E-state index contributed by atoms with van der Waals surface area (Å²) in [5.74, 6) is 0.540. The number of allylic oxidation sites excluding steroid dienone is 2. The largest absolute Gasteiger partial charge is 0.366 e. The molecule has 0 radical (unpaired) electrons. The van der Waals surface area contributed by atoms with Crippen LogP contribution in [0, 0.1) is 0 Å². The van der Waals surface area contributed by atoms with Gasteiger partial charge >= 0.3 is 0 Å². The van der Waals surface area contributed by atoms with Gasteiger partial charge in [-0.05, 0) is 31.7 Å². The summed E-state index contributed by atoms with van der Waals surface area (Å²) in [6.45, 7) is 1.14. The van der Waals surface area contributed by atoms with Crippen molar-refractivity contribution in [3.8, 4) is 0 Å². The maximum atomic E-state index is 12.3. The second-order valence-electron chi connectivity index (χ2n) is 5.98. The molecule has 0 atom stereocenters. The summed E-state index contributed by atoms with van der Waals surface area (Å²) in [6.07, 6.45) is 4.62. The highest BCUT2D eigenvalue weighted by Crippen LogP contribution is 2.25. The van der Waals surface area contributed by atoms with Gasteiger partial charge in [0.25, 0.3) is 0 Å². The second-order valence-corrected chi connectivity index (χ2v) is 7.12. The molecule has 9 heteroatoms. The van der Waals surface area contributed by atoms with Crippen LogP contribution in [0.3, 0.4) is 0 Å². The van der Waals surface area contributed by atoms with Gasteiger partial charge in [-0.2, -0.15) is 5.10 Å². The molecule has 1 aromatic carbocycles. The zero-order chi connectivity index (χ0) is 20.9. The van der Waals surface area contributed by atoms with Crippen LogP contribution in [-0.2, 0) is 20.7 Å². The van der Waals surface area contributed by atoms with E-state index in [2.05, 4.69) is 20.8 Å². The predicted molar refractivity (Wildman–Crippen MR) is 113 cm³/mol. The molecule has 3 N–H and O–H groups in total. The number of carbonyl (C=O) groups is 3. The fraction of sp³-hybridized carbons (Fsp3) is 0.300. The first-order valence-electron chi connectivity index (χ1n) is 9.07. The number of rotatable bonds is 9. The fourth-order valence-electron chi connectivity index (χ4n) is 2.44. The number of aromatic nitrogens is 2. The van der Waals surface area contributed by atoms with Crippen molar-refractivity contribution >= 4 is 35.4 Å². The van der Waals surface area contributed by atoms with E-state index in [0.717, 1.165) is 17.9 Å². The molecule has 0 unspecified atom stereocenters. The summed E-state index contributed by atoms with van der Waals surface area (Å²) in [5.41, 5.74) is 1.93. The zero-order valence-electron chi connectivity index (χ0n) is 16.1. The summed E-state index contributed by atoms with van der Waals surface area (Å²) in [6, 6.07) is 9.29. The molecule has 2 aromatic rings. The summed E-state index contributed by atoms with van der Waals surface area (Å²) in [7, 11) is 1.82. The molecular formula is C20H24N4O4S. The van der Waals surface area contributed by atoms with Crippen molar-refractivity contribution in [1.82, 2.24) is 15.5 Å². The Bertz CT molecular complexity index is 836. The van der Waals surface area contributed by atoms with Crippen molar-refractivity contribution in [2.45, 2.75) is 12.8 Å². The van der Waals surface area contributed by atoms with Gasteiger partial charge in [0.05, 0.1) is 35.5 Å². The van der Waals surface area contributed by atoms with Crippen molar-refractivity contribution in [2.24, 2.45) is 0 Å². The molecular weight excluding hydrogens is 392 g/mol. The molecule has 1 aliphatic rings. The number of thioether (sulfide) groups is 1. The Morgan fingerprint density at radius 2 is 2.07 bits per heavy atom. The van der Waals surface area contributed by atoms with Gasteiger partial charge in [0.15, 0.2) is 5.78 Å². The van der Waals surface area contributed by atoms with Crippen molar-refractivity contribution in [3.63, 3.8) is 0 Å². The Morgan fingerprint density at radius 1 is 1.28 bits per heavy atom. The van der Waals surface area contributed by atoms with Gasteiger partial charge in [0.1, 0.15) is 0 Å². The van der Waals surface area contributed by atoms with Crippen molar-refractivity contribution in [3.05, 3.63) is 58.8 Å². The molecule has 0 fully saturated rings. The monoisotopic (exact) mass is 416 g/mol. The number of nitrogens with one attached hydrogen (secondary N) is 3. The molecule has 1 aromatic heterocycles. The highest BCUT2D eigenvalue weighted by molar-refractivity contribution is 8.04. The molecule has 1 heterocycles. The number of ether oxygens (including phenoxy) is 1. The minimum atomic E-state index is -0.124. The lowest BCUT2D eigenvalue weighted by Gasteiger charge is -2.05. The molecule has 1 amide bonds. The Morgan fingerprint density at radius 3 is 2.79 bits per heavy atom. The van der Waals surface area contributed by atoms with E-state index in [1.807, 2.05) is 37.4 Å².